The first-order valence-electron chi connectivity index (χ1n) is 7.41. The summed E-state index contributed by atoms with van der Waals surface area (Å²) in [5, 5.41) is 0. The highest BCUT2D eigenvalue weighted by atomic mass is 16.5. The zero-order chi connectivity index (χ0) is 14.3. The topological polar surface area (TPSA) is 19.0 Å². The Bertz CT molecular complexity index is 486. The van der Waals surface area contributed by atoms with Gasteiger partial charge in [-0.15, -0.1) is 0 Å². The van der Waals surface area contributed by atoms with E-state index in [1.807, 2.05) is 6.07 Å². The standard InChI is InChI=1S/C16H25N3O/c1-16(2)18(10-9-17(3)4)11-13-12-20-15-8-6-5-7-14(15)19(13)16/h5-8,13H,9-12H2,1-4H3. The second-order valence-electron chi connectivity index (χ2n) is 6.55. The van der Waals surface area contributed by atoms with Gasteiger partial charge in [-0.3, -0.25) is 4.90 Å². The molecule has 3 rings (SSSR count). The molecule has 0 N–H and O–H groups in total. The molecule has 0 spiro atoms. The number of hydrogen-bond acceptors (Lipinski definition) is 4. The molecule has 1 atom stereocenters. The summed E-state index contributed by atoms with van der Waals surface area (Å²) in [6.45, 7) is 8.70. The number of rotatable bonds is 3. The van der Waals surface area contributed by atoms with Crippen LogP contribution in [0.25, 0.3) is 0 Å². The van der Waals surface area contributed by atoms with E-state index in [4.69, 9.17) is 4.74 Å². The van der Waals surface area contributed by atoms with Crippen molar-refractivity contribution >= 4 is 5.69 Å². The zero-order valence-electron chi connectivity index (χ0n) is 13.0. The van der Waals surface area contributed by atoms with E-state index in [2.05, 4.69) is 60.8 Å². The summed E-state index contributed by atoms with van der Waals surface area (Å²) in [6, 6.07) is 8.86. The van der Waals surface area contributed by atoms with E-state index in [0.29, 0.717) is 6.04 Å². The Labute approximate surface area is 121 Å². The molecule has 0 radical (unpaired) electrons. The molecule has 20 heavy (non-hydrogen) atoms. The van der Waals surface area contributed by atoms with Crippen LogP contribution in [-0.4, -0.2) is 61.8 Å². The predicted octanol–water partition coefficient (Wildman–Crippen LogP) is 1.87. The minimum atomic E-state index is 0.0422. The quantitative estimate of drug-likeness (QED) is 0.838. The van der Waals surface area contributed by atoms with Crippen molar-refractivity contribution in [2.24, 2.45) is 0 Å². The van der Waals surface area contributed by atoms with Crippen LogP contribution in [0.2, 0.25) is 0 Å². The molecule has 4 heteroatoms. The molecule has 0 amide bonds. The van der Waals surface area contributed by atoms with Crippen molar-refractivity contribution in [3.63, 3.8) is 0 Å². The molecule has 1 aromatic carbocycles. The number of benzene rings is 1. The van der Waals surface area contributed by atoms with E-state index in [9.17, 15) is 0 Å². The normalized spacial score (nSPS) is 24.4. The van der Waals surface area contributed by atoms with Crippen LogP contribution in [0.4, 0.5) is 5.69 Å². The first-order valence-corrected chi connectivity index (χ1v) is 7.41. The highest BCUT2D eigenvalue weighted by Crippen LogP contribution is 2.43. The van der Waals surface area contributed by atoms with Gasteiger partial charge in [-0.2, -0.15) is 0 Å². The van der Waals surface area contributed by atoms with Crippen molar-refractivity contribution in [2.45, 2.75) is 25.6 Å². The second-order valence-corrected chi connectivity index (χ2v) is 6.55. The Morgan fingerprint density at radius 2 is 2.05 bits per heavy atom. The minimum Gasteiger partial charge on any atom is -0.489 e. The number of nitrogens with zero attached hydrogens (tertiary/aromatic N) is 3. The summed E-state index contributed by atoms with van der Waals surface area (Å²) in [5.41, 5.74) is 1.28. The lowest BCUT2D eigenvalue weighted by atomic mass is 10.1. The molecule has 0 bridgehead atoms. The van der Waals surface area contributed by atoms with Crippen molar-refractivity contribution in [3.05, 3.63) is 24.3 Å². The SMILES string of the molecule is CN(C)CCN1CC2COc3ccccc3N2C1(C)C. The van der Waals surface area contributed by atoms with Crippen LogP contribution >= 0.6 is 0 Å². The van der Waals surface area contributed by atoms with Crippen LogP contribution < -0.4 is 9.64 Å². The molecule has 1 unspecified atom stereocenters. The van der Waals surface area contributed by atoms with Crippen molar-refractivity contribution in [1.29, 1.82) is 0 Å². The van der Waals surface area contributed by atoms with E-state index >= 15 is 0 Å². The molecule has 110 valence electrons. The first-order chi connectivity index (χ1) is 9.50. The van der Waals surface area contributed by atoms with Gasteiger partial charge in [-0.05, 0) is 40.1 Å². The van der Waals surface area contributed by atoms with Crippen LogP contribution in [-0.2, 0) is 0 Å². The van der Waals surface area contributed by atoms with E-state index in [0.717, 1.165) is 32.0 Å². The highest BCUT2D eigenvalue weighted by molar-refractivity contribution is 5.63. The fourth-order valence-electron chi connectivity index (χ4n) is 3.43. The van der Waals surface area contributed by atoms with Gasteiger partial charge in [-0.25, -0.2) is 0 Å². The number of fused-ring (bicyclic) bond motifs is 3. The molecular formula is C16H25N3O. The maximum Gasteiger partial charge on any atom is 0.142 e. The van der Waals surface area contributed by atoms with Gasteiger partial charge in [0, 0.05) is 19.6 Å². The van der Waals surface area contributed by atoms with Gasteiger partial charge >= 0.3 is 0 Å². The van der Waals surface area contributed by atoms with Crippen LogP contribution in [0, 0.1) is 0 Å². The van der Waals surface area contributed by atoms with Crippen LogP contribution in [0.15, 0.2) is 24.3 Å². The zero-order valence-corrected chi connectivity index (χ0v) is 13.0. The monoisotopic (exact) mass is 275 g/mol. The maximum atomic E-state index is 5.93. The third kappa shape index (κ3) is 2.17. The largest absolute Gasteiger partial charge is 0.489 e. The summed E-state index contributed by atoms with van der Waals surface area (Å²) in [6.07, 6.45) is 0. The Hall–Kier alpha value is -1.26. The highest BCUT2D eigenvalue weighted by Gasteiger charge is 2.47. The Morgan fingerprint density at radius 3 is 2.80 bits per heavy atom. The third-order valence-corrected chi connectivity index (χ3v) is 4.53. The van der Waals surface area contributed by atoms with Crippen molar-refractivity contribution in [2.75, 3.05) is 45.2 Å². The molecule has 0 aromatic heterocycles. The van der Waals surface area contributed by atoms with Crippen LogP contribution in [0.1, 0.15) is 13.8 Å². The number of hydrogen-bond donors (Lipinski definition) is 0. The molecule has 0 aliphatic carbocycles. The third-order valence-electron chi connectivity index (χ3n) is 4.53. The van der Waals surface area contributed by atoms with E-state index in [1.165, 1.54) is 5.69 Å². The summed E-state index contributed by atoms with van der Waals surface area (Å²) in [5.74, 6) is 1.02. The van der Waals surface area contributed by atoms with Crippen molar-refractivity contribution in [1.82, 2.24) is 9.80 Å². The van der Waals surface area contributed by atoms with E-state index in [-0.39, 0.29) is 5.66 Å². The van der Waals surface area contributed by atoms with E-state index < -0.39 is 0 Å². The molecule has 2 aliphatic rings. The molecule has 0 saturated carbocycles. The Balaban J connectivity index is 1.87. The average Bonchev–Trinajstić information content (AvgIpc) is 2.68. The number of ether oxygens (including phenoxy) is 1. The number of para-hydroxylation sites is 2. The van der Waals surface area contributed by atoms with Gasteiger partial charge in [0.15, 0.2) is 0 Å². The first kappa shape index (κ1) is 13.7. The predicted molar refractivity (Wildman–Crippen MR) is 82.4 cm³/mol. The van der Waals surface area contributed by atoms with Gasteiger partial charge in [0.05, 0.1) is 17.4 Å². The van der Waals surface area contributed by atoms with Gasteiger partial charge in [0.1, 0.15) is 12.4 Å². The Kier molecular flexibility index (Phi) is 3.38. The lowest BCUT2D eigenvalue weighted by molar-refractivity contribution is 0.161. The fourth-order valence-corrected chi connectivity index (χ4v) is 3.43. The van der Waals surface area contributed by atoms with Gasteiger partial charge in [-0.1, -0.05) is 12.1 Å². The van der Waals surface area contributed by atoms with Gasteiger partial charge in [0.25, 0.3) is 0 Å². The average molecular weight is 275 g/mol. The molecule has 2 heterocycles. The molecule has 2 aliphatic heterocycles. The lowest BCUT2D eigenvalue weighted by Crippen LogP contribution is -2.53. The molecule has 4 nitrogen and oxygen atoms in total. The summed E-state index contributed by atoms with van der Waals surface area (Å²) in [4.78, 5) is 7.36. The number of anilines is 1. The summed E-state index contributed by atoms with van der Waals surface area (Å²) < 4.78 is 5.93. The van der Waals surface area contributed by atoms with Crippen molar-refractivity contribution < 1.29 is 4.74 Å². The second kappa shape index (κ2) is 4.93. The van der Waals surface area contributed by atoms with Crippen LogP contribution in [0.5, 0.6) is 5.75 Å². The lowest BCUT2D eigenvalue weighted by Gasteiger charge is -2.43. The summed E-state index contributed by atoms with van der Waals surface area (Å²) in [7, 11) is 4.27. The number of likely N-dealkylation sites (N-methyl/N-ethyl adjacent to an activating group) is 1. The van der Waals surface area contributed by atoms with Gasteiger partial charge < -0.3 is 14.5 Å². The molecular weight excluding hydrogens is 250 g/mol. The molecule has 1 saturated heterocycles. The molecule has 1 fully saturated rings. The van der Waals surface area contributed by atoms with E-state index in [1.54, 1.807) is 0 Å². The smallest absolute Gasteiger partial charge is 0.142 e. The summed E-state index contributed by atoms with van der Waals surface area (Å²) >= 11 is 0. The fraction of sp³-hybridized carbons (Fsp3) is 0.625. The minimum absolute atomic E-state index is 0.0422. The maximum absolute atomic E-state index is 5.93. The molecule has 1 aromatic rings. The van der Waals surface area contributed by atoms with Gasteiger partial charge in [0.2, 0.25) is 0 Å². The van der Waals surface area contributed by atoms with Crippen molar-refractivity contribution in [3.8, 4) is 5.75 Å². The Morgan fingerprint density at radius 1 is 1.30 bits per heavy atom. The van der Waals surface area contributed by atoms with Crippen LogP contribution in [0.3, 0.4) is 0 Å².